The normalized spacial score (nSPS) is 14.6. The zero-order valence-corrected chi connectivity index (χ0v) is 12.5. The Kier molecular flexibility index (Phi) is 6.78. The van der Waals surface area contributed by atoms with Gasteiger partial charge in [0.15, 0.2) is 0 Å². The van der Waals surface area contributed by atoms with E-state index in [1.54, 1.807) is 7.11 Å². The van der Waals surface area contributed by atoms with Gasteiger partial charge in [-0.1, -0.05) is 41.9 Å². The van der Waals surface area contributed by atoms with Crippen LogP contribution in [0.2, 0.25) is 0 Å². The predicted octanol–water partition coefficient (Wildman–Crippen LogP) is 3.42. The summed E-state index contributed by atoms with van der Waals surface area (Å²) in [4.78, 5) is 0. The molecule has 1 N–H and O–H groups in total. The van der Waals surface area contributed by atoms with Crippen molar-refractivity contribution in [2.45, 2.75) is 19.8 Å². The molecule has 0 bridgehead atoms. The molecule has 0 aliphatic rings. The van der Waals surface area contributed by atoms with Crippen molar-refractivity contribution >= 4 is 15.9 Å². The Bertz CT molecular complexity index is 330. The number of ether oxygens (including phenoxy) is 1. The van der Waals surface area contributed by atoms with Crippen LogP contribution in [0.3, 0.4) is 0 Å². The van der Waals surface area contributed by atoms with Crippen LogP contribution < -0.4 is 5.32 Å². The fourth-order valence-electron chi connectivity index (χ4n) is 2.06. The van der Waals surface area contributed by atoms with Crippen LogP contribution in [0.5, 0.6) is 0 Å². The van der Waals surface area contributed by atoms with Gasteiger partial charge >= 0.3 is 0 Å². The fourth-order valence-corrected chi connectivity index (χ4v) is 2.48. The van der Waals surface area contributed by atoms with Gasteiger partial charge in [-0.25, -0.2) is 0 Å². The summed E-state index contributed by atoms with van der Waals surface area (Å²) in [6, 6.07) is 8.56. The second-order valence-corrected chi connectivity index (χ2v) is 5.32. The van der Waals surface area contributed by atoms with E-state index in [-0.39, 0.29) is 0 Å². The van der Waals surface area contributed by atoms with Crippen molar-refractivity contribution < 1.29 is 4.74 Å². The lowest BCUT2D eigenvalue weighted by molar-refractivity contribution is 0.146. The maximum absolute atomic E-state index is 5.28. The number of likely N-dealkylation sites (N-methyl/N-ethyl adjacent to an activating group) is 1. The predicted molar refractivity (Wildman–Crippen MR) is 76.5 cm³/mol. The summed E-state index contributed by atoms with van der Waals surface area (Å²) in [6.45, 7) is 7.18. The first-order chi connectivity index (χ1) is 8.19. The first-order valence-electron chi connectivity index (χ1n) is 6.14. The Morgan fingerprint density at radius 1 is 1.41 bits per heavy atom. The number of nitrogens with one attached hydrogen (secondary N) is 1. The molecule has 0 saturated heterocycles. The number of methoxy groups -OCH3 is 1. The highest BCUT2D eigenvalue weighted by Crippen LogP contribution is 2.26. The molecule has 0 aliphatic heterocycles. The molecular weight excluding hydrogens is 278 g/mol. The van der Waals surface area contributed by atoms with Gasteiger partial charge in [0.1, 0.15) is 0 Å². The average molecular weight is 300 g/mol. The Balaban J connectivity index is 2.81. The van der Waals surface area contributed by atoms with Gasteiger partial charge in [0, 0.05) is 30.7 Å². The molecule has 0 aromatic heterocycles. The molecule has 0 spiro atoms. The number of hydrogen-bond donors (Lipinski definition) is 1. The van der Waals surface area contributed by atoms with Crippen LogP contribution >= 0.6 is 15.9 Å². The van der Waals surface area contributed by atoms with E-state index in [1.165, 1.54) is 5.56 Å². The summed E-state index contributed by atoms with van der Waals surface area (Å²) in [5.41, 5.74) is 1.37. The standard InChI is InChI=1S/C14H22BrNO/c1-4-16-9-14(11(2)10-17-3)12-6-5-7-13(15)8-12/h5-8,11,14,16H,4,9-10H2,1-3H3. The van der Waals surface area contributed by atoms with Gasteiger partial charge in [-0.3, -0.25) is 0 Å². The van der Waals surface area contributed by atoms with E-state index in [0.717, 1.165) is 24.2 Å². The number of rotatable bonds is 7. The van der Waals surface area contributed by atoms with E-state index < -0.39 is 0 Å². The molecule has 3 heteroatoms. The van der Waals surface area contributed by atoms with Crippen LogP contribution in [0.4, 0.5) is 0 Å². The Morgan fingerprint density at radius 2 is 2.18 bits per heavy atom. The van der Waals surface area contributed by atoms with Gasteiger partial charge in [-0.05, 0) is 30.2 Å². The van der Waals surface area contributed by atoms with E-state index in [2.05, 4.69) is 59.4 Å². The van der Waals surface area contributed by atoms with Crippen molar-refractivity contribution in [1.82, 2.24) is 5.32 Å². The third-order valence-electron chi connectivity index (χ3n) is 3.01. The molecule has 0 saturated carbocycles. The SMILES string of the molecule is CCNCC(c1cccc(Br)c1)C(C)COC. The van der Waals surface area contributed by atoms with E-state index in [4.69, 9.17) is 4.74 Å². The van der Waals surface area contributed by atoms with Gasteiger partial charge in [0.05, 0.1) is 0 Å². The van der Waals surface area contributed by atoms with Crippen molar-refractivity contribution in [3.63, 3.8) is 0 Å². The molecule has 1 aromatic rings. The summed E-state index contributed by atoms with van der Waals surface area (Å²) in [5.74, 6) is 1.00. The van der Waals surface area contributed by atoms with Crippen LogP contribution in [0.15, 0.2) is 28.7 Å². The largest absolute Gasteiger partial charge is 0.384 e. The van der Waals surface area contributed by atoms with Crippen LogP contribution in [-0.2, 0) is 4.74 Å². The summed E-state index contributed by atoms with van der Waals surface area (Å²) in [6.07, 6.45) is 0. The first-order valence-corrected chi connectivity index (χ1v) is 6.93. The zero-order valence-electron chi connectivity index (χ0n) is 10.9. The monoisotopic (exact) mass is 299 g/mol. The van der Waals surface area contributed by atoms with Crippen LogP contribution in [-0.4, -0.2) is 26.8 Å². The molecule has 0 aliphatic carbocycles. The molecule has 0 heterocycles. The van der Waals surface area contributed by atoms with Crippen LogP contribution in [0, 0.1) is 5.92 Å². The van der Waals surface area contributed by atoms with Gasteiger partial charge < -0.3 is 10.1 Å². The van der Waals surface area contributed by atoms with E-state index in [1.807, 2.05) is 0 Å². The maximum Gasteiger partial charge on any atom is 0.0494 e. The highest BCUT2D eigenvalue weighted by atomic mass is 79.9. The molecular formula is C14H22BrNO. The number of benzene rings is 1. The van der Waals surface area contributed by atoms with Crippen molar-refractivity contribution in [3.05, 3.63) is 34.3 Å². The van der Waals surface area contributed by atoms with Crippen molar-refractivity contribution in [2.24, 2.45) is 5.92 Å². The third kappa shape index (κ3) is 4.78. The summed E-state index contributed by atoms with van der Waals surface area (Å²) < 4.78 is 6.42. The molecule has 2 nitrogen and oxygen atoms in total. The molecule has 17 heavy (non-hydrogen) atoms. The lowest BCUT2D eigenvalue weighted by Gasteiger charge is -2.24. The topological polar surface area (TPSA) is 21.3 Å². The van der Waals surface area contributed by atoms with E-state index in [9.17, 15) is 0 Å². The molecule has 0 amide bonds. The molecule has 0 fully saturated rings. The van der Waals surface area contributed by atoms with Crippen molar-refractivity contribution in [3.8, 4) is 0 Å². The highest BCUT2D eigenvalue weighted by molar-refractivity contribution is 9.10. The van der Waals surface area contributed by atoms with Crippen molar-refractivity contribution in [1.29, 1.82) is 0 Å². The molecule has 0 radical (unpaired) electrons. The Labute approximate surface area is 113 Å². The van der Waals surface area contributed by atoms with Crippen LogP contribution in [0.1, 0.15) is 25.3 Å². The first kappa shape index (κ1) is 14.7. The number of halogens is 1. The molecule has 96 valence electrons. The van der Waals surface area contributed by atoms with Gasteiger partial charge in [0.2, 0.25) is 0 Å². The lowest BCUT2D eigenvalue weighted by Crippen LogP contribution is -2.27. The Morgan fingerprint density at radius 3 is 2.76 bits per heavy atom. The van der Waals surface area contributed by atoms with Gasteiger partial charge in [0.25, 0.3) is 0 Å². The highest BCUT2D eigenvalue weighted by Gasteiger charge is 2.18. The molecule has 1 aromatic carbocycles. The minimum Gasteiger partial charge on any atom is -0.384 e. The summed E-state index contributed by atoms with van der Waals surface area (Å²) >= 11 is 3.54. The van der Waals surface area contributed by atoms with E-state index in [0.29, 0.717) is 11.8 Å². The summed E-state index contributed by atoms with van der Waals surface area (Å²) in [7, 11) is 1.77. The second kappa shape index (κ2) is 7.85. The fraction of sp³-hybridized carbons (Fsp3) is 0.571. The average Bonchev–Trinajstić information content (AvgIpc) is 2.30. The number of hydrogen-bond acceptors (Lipinski definition) is 2. The minimum absolute atomic E-state index is 0.493. The van der Waals surface area contributed by atoms with Crippen molar-refractivity contribution in [2.75, 3.05) is 26.8 Å². The van der Waals surface area contributed by atoms with Gasteiger partial charge in [-0.15, -0.1) is 0 Å². The summed E-state index contributed by atoms with van der Waals surface area (Å²) in [5, 5.41) is 3.43. The molecule has 2 unspecified atom stereocenters. The zero-order chi connectivity index (χ0) is 12.7. The maximum atomic E-state index is 5.28. The van der Waals surface area contributed by atoms with E-state index >= 15 is 0 Å². The smallest absolute Gasteiger partial charge is 0.0494 e. The quantitative estimate of drug-likeness (QED) is 0.833. The van der Waals surface area contributed by atoms with Crippen LogP contribution in [0.25, 0.3) is 0 Å². The minimum atomic E-state index is 0.493. The molecule has 2 atom stereocenters. The third-order valence-corrected chi connectivity index (χ3v) is 3.50. The van der Waals surface area contributed by atoms with Gasteiger partial charge in [-0.2, -0.15) is 0 Å². The second-order valence-electron chi connectivity index (χ2n) is 4.40. The molecule has 1 rings (SSSR count). The lowest BCUT2D eigenvalue weighted by atomic mass is 9.87. The Hall–Kier alpha value is -0.380.